The molecule has 54 valence electrons. The van der Waals surface area contributed by atoms with Crippen molar-refractivity contribution in [2.75, 3.05) is 14.1 Å². The van der Waals surface area contributed by atoms with Gasteiger partial charge in [-0.25, -0.2) is 0 Å². The first-order valence-electron chi connectivity index (χ1n) is 2.86. The minimum Gasteiger partial charge on any atom is -0.411 e. The molecule has 0 aromatic rings. The van der Waals surface area contributed by atoms with Gasteiger partial charge in [-0.05, 0) is 27.9 Å². The van der Waals surface area contributed by atoms with Crippen molar-refractivity contribution in [1.29, 1.82) is 0 Å². The van der Waals surface area contributed by atoms with E-state index < -0.39 is 0 Å². The quantitative estimate of drug-likeness (QED) is 0.341. The molecular formula is C6H14N2O. The van der Waals surface area contributed by atoms with Gasteiger partial charge in [0.25, 0.3) is 0 Å². The van der Waals surface area contributed by atoms with Gasteiger partial charge >= 0.3 is 0 Å². The van der Waals surface area contributed by atoms with Crippen LogP contribution in [0.4, 0.5) is 0 Å². The maximum atomic E-state index is 8.19. The summed E-state index contributed by atoms with van der Waals surface area (Å²) in [5.41, 5.74) is -0.158. The average molecular weight is 130 g/mol. The zero-order valence-corrected chi connectivity index (χ0v) is 6.42. The number of nitrogens with zero attached hydrogens (tertiary/aromatic N) is 2. The Kier molecular flexibility index (Phi) is 2.65. The molecule has 0 saturated heterocycles. The van der Waals surface area contributed by atoms with Gasteiger partial charge < -0.3 is 5.21 Å². The monoisotopic (exact) mass is 130 g/mol. The normalized spacial score (nSPS) is 13.4. The van der Waals surface area contributed by atoms with E-state index in [9.17, 15) is 0 Å². The molecule has 9 heavy (non-hydrogen) atoms. The fourth-order valence-corrected chi connectivity index (χ4v) is 0.257. The third kappa shape index (κ3) is 2.46. The van der Waals surface area contributed by atoms with E-state index in [1.54, 1.807) is 0 Å². The van der Waals surface area contributed by atoms with Crippen LogP contribution in [-0.2, 0) is 0 Å². The Bertz CT molecular complexity index is 108. The fourth-order valence-electron chi connectivity index (χ4n) is 0.257. The van der Waals surface area contributed by atoms with Gasteiger partial charge in [0.2, 0.25) is 0 Å². The standard InChI is InChI=1S/C6H14N2O/c1-6(2,5-7-9)8(3)4/h5,9H,1-4H3/b7-5+. The van der Waals surface area contributed by atoms with Gasteiger partial charge in [-0.3, -0.25) is 4.90 Å². The van der Waals surface area contributed by atoms with Crippen molar-refractivity contribution >= 4 is 6.21 Å². The number of rotatable bonds is 2. The first-order valence-corrected chi connectivity index (χ1v) is 2.86. The van der Waals surface area contributed by atoms with Crippen LogP contribution in [0.1, 0.15) is 13.8 Å². The summed E-state index contributed by atoms with van der Waals surface area (Å²) in [6.45, 7) is 3.93. The second-order valence-corrected chi connectivity index (χ2v) is 2.79. The zero-order chi connectivity index (χ0) is 7.49. The molecule has 0 fully saturated rings. The van der Waals surface area contributed by atoms with E-state index in [2.05, 4.69) is 5.16 Å². The van der Waals surface area contributed by atoms with E-state index >= 15 is 0 Å². The first-order chi connectivity index (χ1) is 4.00. The van der Waals surface area contributed by atoms with Crippen molar-refractivity contribution in [3.63, 3.8) is 0 Å². The highest BCUT2D eigenvalue weighted by Gasteiger charge is 2.16. The summed E-state index contributed by atoms with van der Waals surface area (Å²) in [5, 5.41) is 11.2. The first kappa shape index (κ1) is 8.43. The van der Waals surface area contributed by atoms with E-state index in [0.717, 1.165) is 0 Å². The van der Waals surface area contributed by atoms with Crippen LogP contribution < -0.4 is 0 Å². The fraction of sp³-hybridized carbons (Fsp3) is 0.833. The van der Waals surface area contributed by atoms with Crippen molar-refractivity contribution in [1.82, 2.24) is 4.90 Å². The van der Waals surface area contributed by atoms with E-state index in [1.165, 1.54) is 6.21 Å². The molecule has 0 amide bonds. The average Bonchev–Trinajstić information content (AvgIpc) is 1.65. The van der Waals surface area contributed by atoms with Crippen molar-refractivity contribution in [3.8, 4) is 0 Å². The number of hydrogen-bond donors (Lipinski definition) is 1. The molecule has 0 aliphatic rings. The maximum absolute atomic E-state index is 8.19. The Hall–Kier alpha value is -0.570. The molecule has 0 unspecified atom stereocenters. The highest BCUT2D eigenvalue weighted by Crippen LogP contribution is 2.04. The number of oxime groups is 1. The molecule has 0 aromatic heterocycles. The van der Waals surface area contributed by atoms with Crippen LogP contribution in [0.25, 0.3) is 0 Å². The molecular weight excluding hydrogens is 116 g/mol. The van der Waals surface area contributed by atoms with Gasteiger partial charge in [-0.15, -0.1) is 5.16 Å². The van der Waals surface area contributed by atoms with Crippen LogP contribution in [0.15, 0.2) is 5.16 Å². The van der Waals surface area contributed by atoms with Gasteiger partial charge in [0, 0.05) is 0 Å². The van der Waals surface area contributed by atoms with E-state index in [0.29, 0.717) is 0 Å². The molecule has 0 aliphatic carbocycles. The van der Waals surface area contributed by atoms with E-state index in [-0.39, 0.29) is 5.54 Å². The molecule has 0 radical (unpaired) electrons. The van der Waals surface area contributed by atoms with Crippen LogP contribution in [0.3, 0.4) is 0 Å². The molecule has 0 aromatic carbocycles. The lowest BCUT2D eigenvalue weighted by Gasteiger charge is -2.27. The third-order valence-electron chi connectivity index (χ3n) is 1.53. The molecule has 0 atom stereocenters. The second-order valence-electron chi connectivity index (χ2n) is 2.79. The molecule has 3 nitrogen and oxygen atoms in total. The Labute approximate surface area is 56.0 Å². The lowest BCUT2D eigenvalue weighted by Crippen LogP contribution is -2.39. The molecule has 0 rings (SSSR count). The van der Waals surface area contributed by atoms with Crippen LogP contribution in [0.5, 0.6) is 0 Å². The van der Waals surface area contributed by atoms with Crippen molar-refractivity contribution in [3.05, 3.63) is 0 Å². The largest absolute Gasteiger partial charge is 0.411 e. The van der Waals surface area contributed by atoms with Crippen molar-refractivity contribution in [2.45, 2.75) is 19.4 Å². The highest BCUT2D eigenvalue weighted by atomic mass is 16.4. The summed E-state index contributed by atoms with van der Waals surface area (Å²) >= 11 is 0. The van der Waals surface area contributed by atoms with Gasteiger partial charge in [-0.1, -0.05) is 0 Å². The molecule has 0 aliphatic heterocycles. The summed E-state index contributed by atoms with van der Waals surface area (Å²) in [7, 11) is 3.86. The van der Waals surface area contributed by atoms with Crippen LogP contribution >= 0.6 is 0 Å². The third-order valence-corrected chi connectivity index (χ3v) is 1.53. The van der Waals surface area contributed by atoms with Gasteiger partial charge in [0.05, 0.1) is 11.8 Å². The Morgan fingerprint density at radius 2 is 1.89 bits per heavy atom. The van der Waals surface area contributed by atoms with Crippen molar-refractivity contribution < 1.29 is 5.21 Å². The summed E-state index contributed by atoms with van der Waals surface area (Å²) in [6, 6.07) is 0. The molecule has 0 bridgehead atoms. The van der Waals surface area contributed by atoms with Gasteiger partial charge in [-0.2, -0.15) is 0 Å². The lowest BCUT2D eigenvalue weighted by molar-refractivity contribution is 0.262. The van der Waals surface area contributed by atoms with Crippen molar-refractivity contribution in [2.24, 2.45) is 5.16 Å². The zero-order valence-electron chi connectivity index (χ0n) is 6.42. The highest BCUT2D eigenvalue weighted by molar-refractivity contribution is 5.67. The minimum absolute atomic E-state index is 0.158. The lowest BCUT2D eigenvalue weighted by atomic mass is 10.1. The van der Waals surface area contributed by atoms with E-state index in [1.807, 2.05) is 32.8 Å². The Morgan fingerprint density at radius 3 is 2.00 bits per heavy atom. The predicted octanol–water partition coefficient (Wildman–Crippen LogP) is 0.787. The smallest absolute Gasteiger partial charge is 0.0633 e. The second kappa shape index (κ2) is 2.82. The molecule has 0 heterocycles. The Morgan fingerprint density at radius 1 is 1.44 bits per heavy atom. The van der Waals surface area contributed by atoms with Gasteiger partial charge in [0.15, 0.2) is 0 Å². The van der Waals surface area contributed by atoms with Gasteiger partial charge in [0.1, 0.15) is 0 Å². The van der Waals surface area contributed by atoms with Crippen LogP contribution in [0.2, 0.25) is 0 Å². The Balaban J connectivity index is 4.01. The SMILES string of the molecule is CN(C)C(C)(C)/C=N/O. The molecule has 0 saturated carbocycles. The summed E-state index contributed by atoms with van der Waals surface area (Å²) in [6.07, 6.45) is 1.49. The summed E-state index contributed by atoms with van der Waals surface area (Å²) in [5.74, 6) is 0. The van der Waals surface area contributed by atoms with Crippen LogP contribution in [-0.4, -0.2) is 36.0 Å². The minimum atomic E-state index is -0.158. The summed E-state index contributed by atoms with van der Waals surface area (Å²) < 4.78 is 0. The predicted molar refractivity (Wildman–Crippen MR) is 38.0 cm³/mol. The molecule has 1 N–H and O–H groups in total. The van der Waals surface area contributed by atoms with Crippen LogP contribution in [0, 0.1) is 0 Å². The number of hydrogen-bond acceptors (Lipinski definition) is 3. The maximum Gasteiger partial charge on any atom is 0.0633 e. The topological polar surface area (TPSA) is 35.8 Å². The molecule has 0 spiro atoms. The van der Waals surface area contributed by atoms with E-state index in [4.69, 9.17) is 5.21 Å². The summed E-state index contributed by atoms with van der Waals surface area (Å²) in [4.78, 5) is 1.96. The molecule has 3 heteroatoms.